The molecule has 2 aliphatic heterocycles. The summed E-state index contributed by atoms with van der Waals surface area (Å²) in [6.07, 6.45) is 5.43. The molecule has 2 heterocycles. The van der Waals surface area contributed by atoms with Crippen molar-refractivity contribution in [3.8, 4) is 0 Å². The van der Waals surface area contributed by atoms with Crippen molar-refractivity contribution in [1.82, 2.24) is 10.2 Å². The Labute approximate surface area is 115 Å². The molecule has 0 radical (unpaired) electrons. The number of carbonyl (C=O) groups excluding carboxylic acids is 1. The highest BCUT2D eigenvalue weighted by Crippen LogP contribution is 2.23. The third kappa shape index (κ3) is 2.81. The Morgan fingerprint density at radius 2 is 2.05 bits per heavy atom. The van der Waals surface area contributed by atoms with E-state index >= 15 is 0 Å². The van der Waals surface area contributed by atoms with Gasteiger partial charge in [0.05, 0.1) is 6.04 Å². The van der Waals surface area contributed by atoms with Crippen LogP contribution in [0.5, 0.6) is 0 Å². The van der Waals surface area contributed by atoms with E-state index in [1.54, 1.807) is 0 Å². The molecule has 1 N–H and O–H groups in total. The van der Waals surface area contributed by atoms with Crippen molar-refractivity contribution in [2.24, 2.45) is 0 Å². The lowest BCUT2D eigenvalue weighted by molar-refractivity contribution is -0.133. The fourth-order valence-corrected chi connectivity index (χ4v) is 3.32. The minimum Gasteiger partial charge on any atom is -0.338 e. The number of benzene rings is 1. The number of rotatable bonds is 3. The van der Waals surface area contributed by atoms with E-state index in [2.05, 4.69) is 34.5 Å². The zero-order valence-electron chi connectivity index (χ0n) is 11.3. The maximum absolute atomic E-state index is 12.5. The Hall–Kier alpha value is -1.35. The largest absolute Gasteiger partial charge is 0.338 e. The van der Waals surface area contributed by atoms with E-state index in [4.69, 9.17) is 0 Å². The molecule has 0 saturated carbocycles. The van der Waals surface area contributed by atoms with Crippen LogP contribution in [-0.2, 0) is 11.2 Å². The molecule has 3 rings (SSSR count). The Kier molecular flexibility index (Phi) is 3.83. The van der Waals surface area contributed by atoms with Crippen molar-refractivity contribution >= 4 is 5.91 Å². The van der Waals surface area contributed by atoms with Gasteiger partial charge in [-0.25, -0.2) is 0 Å². The summed E-state index contributed by atoms with van der Waals surface area (Å²) >= 11 is 0. The van der Waals surface area contributed by atoms with Gasteiger partial charge in [-0.1, -0.05) is 30.3 Å². The molecule has 0 aliphatic carbocycles. The predicted molar refractivity (Wildman–Crippen MR) is 75.9 cm³/mol. The molecule has 1 aromatic rings. The average Bonchev–Trinajstić information content (AvgIpc) is 3.10. The zero-order chi connectivity index (χ0) is 13.1. The molecule has 2 fully saturated rings. The number of nitrogens with one attached hydrogen (secondary N) is 1. The summed E-state index contributed by atoms with van der Waals surface area (Å²) in [5.74, 6) is 0.330. The van der Waals surface area contributed by atoms with E-state index < -0.39 is 0 Å². The first-order valence-electron chi connectivity index (χ1n) is 7.42. The molecule has 3 nitrogen and oxygen atoms in total. The van der Waals surface area contributed by atoms with Crippen molar-refractivity contribution in [3.63, 3.8) is 0 Å². The molecule has 1 aromatic carbocycles. The lowest BCUT2D eigenvalue weighted by atomic mass is 10.0. The lowest BCUT2D eigenvalue weighted by Gasteiger charge is -2.27. The Balaban J connectivity index is 1.66. The molecular formula is C16H22N2O. The Morgan fingerprint density at radius 3 is 2.79 bits per heavy atom. The van der Waals surface area contributed by atoms with Crippen LogP contribution in [-0.4, -0.2) is 36.0 Å². The number of amides is 1. The van der Waals surface area contributed by atoms with Gasteiger partial charge in [0.2, 0.25) is 5.91 Å². The smallest absolute Gasteiger partial charge is 0.239 e. The van der Waals surface area contributed by atoms with Gasteiger partial charge >= 0.3 is 0 Å². The summed E-state index contributed by atoms with van der Waals surface area (Å²) < 4.78 is 0. The van der Waals surface area contributed by atoms with Gasteiger partial charge < -0.3 is 10.2 Å². The molecule has 0 bridgehead atoms. The molecule has 0 unspecified atom stereocenters. The average molecular weight is 258 g/mol. The normalized spacial score (nSPS) is 26.8. The Bertz CT molecular complexity index is 426. The number of hydrogen-bond acceptors (Lipinski definition) is 2. The van der Waals surface area contributed by atoms with E-state index in [1.807, 2.05) is 6.07 Å². The minimum absolute atomic E-state index is 0.0800. The lowest BCUT2D eigenvalue weighted by Crippen LogP contribution is -2.46. The molecule has 2 saturated heterocycles. The van der Waals surface area contributed by atoms with Crippen LogP contribution in [0.25, 0.3) is 0 Å². The Morgan fingerprint density at radius 1 is 1.21 bits per heavy atom. The molecular weight excluding hydrogens is 236 g/mol. The highest BCUT2D eigenvalue weighted by atomic mass is 16.2. The van der Waals surface area contributed by atoms with Crippen LogP contribution in [0.15, 0.2) is 30.3 Å². The monoisotopic (exact) mass is 258 g/mol. The van der Waals surface area contributed by atoms with Gasteiger partial charge in [0, 0.05) is 12.6 Å². The molecule has 0 aromatic heterocycles. The first-order chi connectivity index (χ1) is 9.34. The maximum Gasteiger partial charge on any atom is 0.239 e. The van der Waals surface area contributed by atoms with Crippen molar-refractivity contribution in [2.75, 3.05) is 13.1 Å². The van der Waals surface area contributed by atoms with E-state index in [0.717, 1.165) is 45.2 Å². The highest BCUT2D eigenvalue weighted by molar-refractivity contribution is 5.82. The van der Waals surface area contributed by atoms with Gasteiger partial charge in [0.15, 0.2) is 0 Å². The van der Waals surface area contributed by atoms with Crippen LogP contribution in [0.1, 0.15) is 31.2 Å². The second kappa shape index (κ2) is 5.74. The standard InChI is InChI=1S/C16H22N2O/c19-16(15-9-4-10-17-15)18-11-5-8-14(18)12-13-6-2-1-3-7-13/h1-3,6-7,14-15,17H,4-5,8-12H2/t14-,15+/m1/s1. The molecule has 3 heteroatoms. The van der Waals surface area contributed by atoms with E-state index in [0.29, 0.717) is 11.9 Å². The SMILES string of the molecule is O=C([C@@H]1CCCN1)N1CCC[C@@H]1Cc1ccccc1. The van der Waals surface area contributed by atoms with Crippen LogP contribution in [0.3, 0.4) is 0 Å². The summed E-state index contributed by atoms with van der Waals surface area (Å²) in [7, 11) is 0. The fraction of sp³-hybridized carbons (Fsp3) is 0.562. The third-order valence-corrected chi connectivity index (χ3v) is 4.33. The van der Waals surface area contributed by atoms with Crippen molar-refractivity contribution in [1.29, 1.82) is 0 Å². The van der Waals surface area contributed by atoms with Crippen LogP contribution >= 0.6 is 0 Å². The van der Waals surface area contributed by atoms with Gasteiger partial charge in [-0.05, 0) is 44.2 Å². The van der Waals surface area contributed by atoms with Crippen LogP contribution in [0.4, 0.5) is 0 Å². The van der Waals surface area contributed by atoms with E-state index in [9.17, 15) is 4.79 Å². The summed E-state index contributed by atoms with van der Waals surface area (Å²) in [5, 5.41) is 3.33. The van der Waals surface area contributed by atoms with Crippen molar-refractivity contribution < 1.29 is 4.79 Å². The van der Waals surface area contributed by atoms with Crippen LogP contribution < -0.4 is 5.32 Å². The number of carbonyl (C=O) groups is 1. The summed E-state index contributed by atoms with van der Waals surface area (Å²) in [5.41, 5.74) is 1.34. The summed E-state index contributed by atoms with van der Waals surface area (Å²) in [4.78, 5) is 14.6. The van der Waals surface area contributed by atoms with E-state index in [-0.39, 0.29) is 6.04 Å². The number of likely N-dealkylation sites (tertiary alicyclic amines) is 1. The second-order valence-electron chi connectivity index (χ2n) is 5.67. The maximum atomic E-state index is 12.5. The van der Waals surface area contributed by atoms with Crippen molar-refractivity contribution in [3.05, 3.63) is 35.9 Å². The van der Waals surface area contributed by atoms with Crippen LogP contribution in [0, 0.1) is 0 Å². The van der Waals surface area contributed by atoms with Gasteiger partial charge in [-0.15, -0.1) is 0 Å². The van der Waals surface area contributed by atoms with Gasteiger partial charge in [0.25, 0.3) is 0 Å². The topological polar surface area (TPSA) is 32.3 Å². The third-order valence-electron chi connectivity index (χ3n) is 4.33. The fourth-order valence-electron chi connectivity index (χ4n) is 3.32. The quantitative estimate of drug-likeness (QED) is 0.899. The van der Waals surface area contributed by atoms with Crippen LogP contribution in [0.2, 0.25) is 0 Å². The molecule has 1 amide bonds. The molecule has 0 spiro atoms. The van der Waals surface area contributed by atoms with Gasteiger partial charge in [-0.2, -0.15) is 0 Å². The summed E-state index contributed by atoms with van der Waals surface area (Å²) in [6, 6.07) is 11.0. The minimum atomic E-state index is 0.0800. The number of nitrogens with zero attached hydrogens (tertiary/aromatic N) is 1. The molecule has 102 valence electrons. The highest BCUT2D eigenvalue weighted by Gasteiger charge is 2.33. The summed E-state index contributed by atoms with van der Waals surface area (Å²) in [6.45, 7) is 1.93. The first-order valence-corrected chi connectivity index (χ1v) is 7.42. The number of hydrogen-bond donors (Lipinski definition) is 1. The zero-order valence-corrected chi connectivity index (χ0v) is 11.3. The van der Waals surface area contributed by atoms with Crippen molar-refractivity contribution in [2.45, 2.75) is 44.2 Å². The predicted octanol–water partition coefficient (Wildman–Crippen LogP) is 1.97. The molecule has 19 heavy (non-hydrogen) atoms. The van der Waals surface area contributed by atoms with E-state index in [1.165, 1.54) is 5.56 Å². The second-order valence-corrected chi connectivity index (χ2v) is 5.67. The first kappa shape index (κ1) is 12.7. The molecule has 2 aliphatic rings. The van der Waals surface area contributed by atoms with Gasteiger partial charge in [0.1, 0.15) is 0 Å². The molecule has 2 atom stereocenters. The van der Waals surface area contributed by atoms with Gasteiger partial charge in [-0.3, -0.25) is 4.79 Å².